The van der Waals surface area contributed by atoms with E-state index in [0.717, 1.165) is 12.8 Å². The van der Waals surface area contributed by atoms with Crippen LogP contribution in [0.3, 0.4) is 0 Å². The van der Waals surface area contributed by atoms with E-state index in [1.54, 1.807) is 18.2 Å². The van der Waals surface area contributed by atoms with Gasteiger partial charge in [0.15, 0.2) is 11.0 Å². The SMILES string of the molecule is CC(C)Cn1c(SCC(=O)N2[C@@H](C)CCC[C@@H]2C)nnc1-c1ccccc1F. The number of rotatable bonds is 6. The Kier molecular flexibility index (Phi) is 6.75. The number of benzene rings is 1. The van der Waals surface area contributed by atoms with Gasteiger partial charge in [-0.15, -0.1) is 10.2 Å². The van der Waals surface area contributed by atoms with Crippen molar-refractivity contribution < 1.29 is 9.18 Å². The van der Waals surface area contributed by atoms with E-state index in [1.807, 2.05) is 9.47 Å². The summed E-state index contributed by atoms with van der Waals surface area (Å²) < 4.78 is 16.2. The Hall–Kier alpha value is -1.89. The lowest BCUT2D eigenvalue weighted by molar-refractivity contribution is -0.134. The molecule has 0 spiro atoms. The van der Waals surface area contributed by atoms with Gasteiger partial charge in [0, 0.05) is 18.6 Å². The van der Waals surface area contributed by atoms with E-state index >= 15 is 0 Å². The third kappa shape index (κ3) is 4.57. The van der Waals surface area contributed by atoms with Crippen molar-refractivity contribution in [1.82, 2.24) is 19.7 Å². The molecule has 2 aromatic rings. The van der Waals surface area contributed by atoms with Gasteiger partial charge in [0.1, 0.15) is 5.82 Å². The summed E-state index contributed by atoms with van der Waals surface area (Å²) in [6.07, 6.45) is 3.29. The standard InChI is InChI=1S/C21H29FN4OS/c1-14(2)12-25-20(17-10-5-6-11-18(17)22)23-24-21(25)28-13-19(27)26-15(3)8-7-9-16(26)4/h5-6,10-11,14-16H,7-9,12-13H2,1-4H3/t15-,16-/m0/s1. The number of hydrogen-bond acceptors (Lipinski definition) is 4. The Morgan fingerprint density at radius 3 is 2.54 bits per heavy atom. The molecule has 0 unspecified atom stereocenters. The van der Waals surface area contributed by atoms with Crippen LogP contribution in [0.25, 0.3) is 11.4 Å². The van der Waals surface area contributed by atoms with Crippen molar-refractivity contribution in [3.8, 4) is 11.4 Å². The molecule has 7 heteroatoms. The molecule has 3 rings (SSSR count). The minimum absolute atomic E-state index is 0.135. The summed E-state index contributed by atoms with van der Waals surface area (Å²) in [6, 6.07) is 7.16. The average Bonchev–Trinajstić information content (AvgIpc) is 3.02. The summed E-state index contributed by atoms with van der Waals surface area (Å²) >= 11 is 1.39. The fourth-order valence-electron chi connectivity index (χ4n) is 3.88. The van der Waals surface area contributed by atoms with Crippen LogP contribution < -0.4 is 0 Å². The van der Waals surface area contributed by atoms with Crippen molar-refractivity contribution in [3.63, 3.8) is 0 Å². The highest BCUT2D eigenvalue weighted by Crippen LogP contribution is 2.28. The van der Waals surface area contributed by atoms with Gasteiger partial charge in [-0.2, -0.15) is 0 Å². The number of piperidine rings is 1. The van der Waals surface area contributed by atoms with Gasteiger partial charge in [-0.05, 0) is 51.2 Å². The van der Waals surface area contributed by atoms with Crippen molar-refractivity contribution in [1.29, 1.82) is 0 Å². The van der Waals surface area contributed by atoms with Crippen LogP contribution in [0.2, 0.25) is 0 Å². The number of halogens is 1. The van der Waals surface area contributed by atoms with Crippen molar-refractivity contribution in [3.05, 3.63) is 30.1 Å². The third-order valence-corrected chi connectivity index (χ3v) is 6.14. The quantitative estimate of drug-likeness (QED) is 0.659. The van der Waals surface area contributed by atoms with Crippen LogP contribution in [0.4, 0.5) is 4.39 Å². The maximum Gasteiger partial charge on any atom is 0.233 e. The van der Waals surface area contributed by atoms with Crippen LogP contribution in [-0.4, -0.2) is 43.4 Å². The lowest BCUT2D eigenvalue weighted by Gasteiger charge is -2.39. The minimum atomic E-state index is -0.316. The molecule has 1 saturated heterocycles. The molecular weight excluding hydrogens is 375 g/mol. The van der Waals surface area contributed by atoms with Crippen LogP contribution in [-0.2, 0) is 11.3 Å². The molecular formula is C21H29FN4OS. The molecule has 0 radical (unpaired) electrons. The highest BCUT2D eigenvalue weighted by molar-refractivity contribution is 7.99. The average molecular weight is 405 g/mol. The molecule has 5 nitrogen and oxygen atoms in total. The lowest BCUT2D eigenvalue weighted by atomic mass is 9.98. The summed E-state index contributed by atoms with van der Waals surface area (Å²) in [5.74, 6) is 1.00. The molecule has 0 aliphatic carbocycles. The first-order chi connectivity index (χ1) is 13.4. The number of nitrogens with zero attached hydrogens (tertiary/aromatic N) is 4. The van der Waals surface area contributed by atoms with Gasteiger partial charge in [-0.1, -0.05) is 37.7 Å². The molecule has 2 atom stereocenters. The van der Waals surface area contributed by atoms with Gasteiger partial charge in [0.05, 0.1) is 11.3 Å². The zero-order valence-corrected chi connectivity index (χ0v) is 17.9. The normalized spacial score (nSPS) is 20.0. The molecule has 0 bridgehead atoms. The van der Waals surface area contributed by atoms with Gasteiger partial charge in [-0.25, -0.2) is 4.39 Å². The predicted octanol–water partition coefficient (Wildman–Crippen LogP) is 4.62. The van der Waals surface area contributed by atoms with Crippen LogP contribution in [0.15, 0.2) is 29.4 Å². The van der Waals surface area contributed by atoms with Gasteiger partial charge in [0.2, 0.25) is 5.91 Å². The molecule has 1 amide bonds. The van der Waals surface area contributed by atoms with Crippen molar-refractivity contribution in [2.24, 2.45) is 5.92 Å². The molecule has 1 aromatic heterocycles. The molecule has 0 N–H and O–H groups in total. The number of aromatic nitrogens is 3. The number of likely N-dealkylation sites (tertiary alicyclic amines) is 1. The maximum absolute atomic E-state index is 14.3. The fourth-order valence-corrected chi connectivity index (χ4v) is 4.70. The van der Waals surface area contributed by atoms with Crippen molar-refractivity contribution in [2.45, 2.75) is 70.7 Å². The molecule has 28 heavy (non-hydrogen) atoms. The summed E-state index contributed by atoms with van der Waals surface area (Å²) in [6.45, 7) is 9.11. The van der Waals surface area contributed by atoms with Crippen LogP contribution in [0, 0.1) is 11.7 Å². The van der Waals surface area contributed by atoms with E-state index in [9.17, 15) is 9.18 Å². The second kappa shape index (κ2) is 9.07. The first-order valence-corrected chi connectivity index (χ1v) is 11.0. The third-order valence-electron chi connectivity index (χ3n) is 5.19. The highest BCUT2D eigenvalue weighted by Gasteiger charge is 2.29. The van der Waals surface area contributed by atoms with Crippen LogP contribution in [0.1, 0.15) is 47.0 Å². The van der Waals surface area contributed by atoms with E-state index in [4.69, 9.17) is 0 Å². The largest absolute Gasteiger partial charge is 0.337 e. The van der Waals surface area contributed by atoms with E-state index < -0.39 is 0 Å². The molecule has 2 heterocycles. The zero-order chi connectivity index (χ0) is 20.3. The van der Waals surface area contributed by atoms with Gasteiger partial charge in [0.25, 0.3) is 0 Å². The number of carbonyl (C=O) groups is 1. The van der Waals surface area contributed by atoms with Crippen LogP contribution in [0.5, 0.6) is 0 Å². The molecule has 1 aliphatic rings. The Morgan fingerprint density at radius 2 is 1.89 bits per heavy atom. The van der Waals surface area contributed by atoms with Crippen LogP contribution >= 0.6 is 11.8 Å². The number of thioether (sulfide) groups is 1. The van der Waals surface area contributed by atoms with E-state index in [1.165, 1.54) is 24.2 Å². The smallest absolute Gasteiger partial charge is 0.233 e. The zero-order valence-electron chi connectivity index (χ0n) is 17.1. The van der Waals surface area contributed by atoms with Gasteiger partial charge in [-0.3, -0.25) is 4.79 Å². The van der Waals surface area contributed by atoms with Gasteiger partial charge < -0.3 is 9.47 Å². The molecule has 1 aromatic carbocycles. The Morgan fingerprint density at radius 1 is 1.21 bits per heavy atom. The summed E-state index contributed by atoms with van der Waals surface area (Å²) in [4.78, 5) is 14.9. The predicted molar refractivity (Wildman–Crippen MR) is 111 cm³/mol. The van der Waals surface area contributed by atoms with Gasteiger partial charge >= 0.3 is 0 Å². The maximum atomic E-state index is 14.3. The fraction of sp³-hybridized carbons (Fsp3) is 0.571. The number of hydrogen-bond donors (Lipinski definition) is 0. The Bertz CT molecular complexity index is 812. The lowest BCUT2D eigenvalue weighted by Crippen LogP contribution is -2.48. The first-order valence-electron chi connectivity index (χ1n) is 10.0. The number of amides is 1. The second-order valence-electron chi connectivity index (χ2n) is 8.01. The summed E-state index contributed by atoms with van der Waals surface area (Å²) in [5.41, 5.74) is 0.437. The molecule has 152 valence electrons. The first kappa shape index (κ1) is 20.8. The topological polar surface area (TPSA) is 51.0 Å². The summed E-state index contributed by atoms with van der Waals surface area (Å²) in [7, 11) is 0. The molecule has 0 saturated carbocycles. The highest BCUT2D eigenvalue weighted by atomic mass is 32.2. The Balaban J connectivity index is 1.80. The molecule has 1 aliphatic heterocycles. The van der Waals surface area contributed by atoms with Crippen molar-refractivity contribution >= 4 is 17.7 Å². The van der Waals surface area contributed by atoms with E-state index in [2.05, 4.69) is 37.9 Å². The van der Waals surface area contributed by atoms with Crippen molar-refractivity contribution in [2.75, 3.05) is 5.75 Å². The second-order valence-corrected chi connectivity index (χ2v) is 8.95. The molecule has 1 fully saturated rings. The van der Waals surface area contributed by atoms with E-state index in [0.29, 0.717) is 34.8 Å². The minimum Gasteiger partial charge on any atom is -0.337 e. The summed E-state index contributed by atoms with van der Waals surface area (Å²) in [5, 5.41) is 9.19. The number of carbonyl (C=O) groups excluding carboxylic acids is 1. The van der Waals surface area contributed by atoms with E-state index in [-0.39, 0.29) is 23.8 Å². The monoisotopic (exact) mass is 404 g/mol. The Labute approximate surface area is 170 Å².